The smallest absolute Gasteiger partial charge is 0.338 e. The quantitative estimate of drug-likeness (QED) is 0.0826. The lowest BCUT2D eigenvalue weighted by atomic mass is 9.96. The molecule has 13 heteroatoms. The fourth-order valence-electron chi connectivity index (χ4n) is 4.71. The lowest BCUT2D eigenvalue weighted by Crippen LogP contribution is -2.39. The third kappa shape index (κ3) is 6.60. The molecule has 1 atom stereocenters. The van der Waals surface area contributed by atoms with Gasteiger partial charge in [-0.3, -0.25) is 19.5 Å². The molecule has 9 nitrogen and oxygen atoms in total. The van der Waals surface area contributed by atoms with Crippen LogP contribution in [0.1, 0.15) is 36.6 Å². The molecule has 5 rings (SSSR count). The summed E-state index contributed by atoms with van der Waals surface area (Å²) in [5.74, 6) is 0.0458. The molecule has 0 radical (unpaired) electrons. The molecule has 0 aliphatic carbocycles. The highest BCUT2D eigenvalue weighted by molar-refractivity contribution is 9.11. The molecule has 0 unspecified atom stereocenters. The van der Waals surface area contributed by atoms with E-state index in [9.17, 15) is 19.7 Å². The Balaban J connectivity index is 1.51. The summed E-state index contributed by atoms with van der Waals surface area (Å²) in [6.45, 7) is 3.91. The van der Waals surface area contributed by atoms with Crippen molar-refractivity contribution in [2.45, 2.75) is 31.4 Å². The summed E-state index contributed by atoms with van der Waals surface area (Å²) < 4.78 is 14.7. The van der Waals surface area contributed by atoms with Crippen LogP contribution in [-0.4, -0.2) is 28.3 Å². The molecule has 0 saturated carbocycles. The van der Waals surface area contributed by atoms with Crippen LogP contribution < -0.4 is 19.6 Å². The highest BCUT2D eigenvalue weighted by Crippen LogP contribution is 2.36. The Bertz CT molecular complexity index is 1950. The number of fused-ring (bicyclic) bond motifs is 1. The summed E-state index contributed by atoms with van der Waals surface area (Å²) in [5, 5.41) is 10.9. The lowest BCUT2D eigenvalue weighted by Gasteiger charge is -2.24. The van der Waals surface area contributed by atoms with Crippen molar-refractivity contribution in [1.29, 1.82) is 0 Å². The van der Waals surface area contributed by atoms with Crippen molar-refractivity contribution in [3.05, 3.63) is 127 Å². The van der Waals surface area contributed by atoms with Crippen LogP contribution >= 0.6 is 55.0 Å². The maximum absolute atomic E-state index is 13.9. The first-order chi connectivity index (χ1) is 21.1. The minimum atomic E-state index is -0.683. The topological polar surface area (TPSA) is 113 Å². The molecule has 0 bridgehead atoms. The van der Waals surface area contributed by atoms with E-state index in [1.807, 2.05) is 42.7 Å². The third-order valence-electron chi connectivity index (χ3n) is 6.80. The van der Waals surface area contributed by atoms with Crippen molar-refractivity contribution in [3.8, 4) is 5.75 Å². The van der Waals surface area contributed by atoms with Gasteiger partial charge >= 0.3 is 5.97 Å². The molecule has 226 valence electrons. The average molecular weight is 759 g/mol. The molecule has 1 aromatic heterocycles. The third-order valence-corrected chi connectivity index (χ3v) is 9.70. The Labute approximate surface area is 277 Å². The minimum Gasteiger partial charge on any atom is -0.487 e. The van der Waals surface area contributed by atoms with Gasteiger partial charge in [0.1, 0.15) is 12.4 Å². The summed E-state index contributed by atoms with van der Waals surface area (Å²) >= 11 is 9.99. The molecule has 44 heavy (non-hydrogen) atoms. The van der Waals surface area contributed by atoms with E-state index < -0.39 is 16.9 Å². The number of carbonyl (C=O) groups is 1. The fraction of sp³-hybridized carbons (Fsp3) is 0.194. The van der Waals surface area contributed by atoms with E-state index in [4.69, 9.17) is 9.47 Å². The van der Waals surface area contributed by atoms with Crippen molar-refractivity contribution in [3.63, 3.8) is 0 Å². The van der Waals surface area contributed by atoms with E-state index >= 15 is 0 Å². The Hall–Kier alpha value is -3.52. The van der Waals surface area contributed by atoms with E-state index in [1.165, 1.54) is 23.5 Å². The van der Waals surface area contributed by atoms with E-state index in [1.54, 1.807) is 48.4 Å². The van der Waals surface area contributed by atoms with E-state index in [0.29, 0.717) is 35.3 Å². The van der Waals surface area contributed by atoms with Crippen LogP contribution in [0.25, 0.3) is 6.08 Å². The molecule has 2 heterocycles. The van der Waals surface area contributed by atoms with Crippen LogP contribution in [-0.2, 0) is 16.1 Å². The number of aromatic nitrogens is 1. The van der Waals surface area contributed by atoms with Crippen molar-refractivity contribution in [2.75, 3.05) is 12.9 Å². The SMILES string of the molecule is CCOC(=O)C1=C(C)N=c2s/c(=C\c3cc(Br)c(OCc4ccc([N+](=O)[O-])cc4)c(Br)c3)c(=O)n2[C@@H]1c1ccc(SC)cc1. The number of allylic oxidation sites excluding steroid dienone is 1. The van der Waals surface area contributed by atoms with Gasteiger partial charge in [0.2, 0.25) is 0 Å². The molecule has 0 spiro atoms. The van der Waals surface area contributed by atoms with E-state index in [-0.39, 0.29) is 24.5 Å². The zero-order valence-electron chi connectivity index (χ0n) is 23.7. The molecule has 0 fully saturated rings. The van der Waals surface area contributed by atoms with Gasteiger partial charge in [0.05, 0.1) is 42.3 Å². The molecule has 4 aromatic rings. The lowest BCUT2D eigenvalue weighted by molar-refractivity contribution is -0.384. The number of carbonyl (C=O) groups excluding carboxylic acids is 1. The van der Waals surface area contributed by atoms with Gasteiger partial charge in [0.25, 0.3) is 11.2 Å². The number of rotatable bonds is 9. The Kier molecular flexibility index (Phi) is 9.88. The Morgan fingerprint density at radius 2 is 1.80 bits per heavy atom. The van der Waals surface area contributed by atoms with Gasteiger partial charge in [-0.15, -0.1) is 11.8 Å². The summed E-state index contributed by atoms with van der Waals surface area (Å²) in [7, 11) is 0. The number of hydrogen-bond donors (Lipinski definition) is 0. The second-order valence-corrected chi connectivity index (χ2v) is 13.2. The summed E-state index contributed by atoms with van der Waals surface area (Å²) in [4.78, 5) is 43.7. The van der Waals surface area contributed by atoms with Crippen LogP contribution in [0.15, 0.2) is 95.6 Å². The van der Waals surface area contributed by atoms with Gasteiger partial charge in [0, 0.05) is 17.0 Å². The van der Waals surface area contributed by atoms with E-state index in [0.717, 1.165) is 21.6 Å². The highest BCUT2D eigenvalue weighted by Gasteiger charge is 2.33. The predicted molar refractivity (Wildman–Crippen MR) is 178 cm³/mol. The molecule has 0 saturated heterocycles. The number of ether oxygens (including phenoxy) is 2. The van der Waals surface area contributed by atoms with Crippen molar-refractivity contribution >= 4 is 72.7 Å². The molecule has 0 amide bonds. The van der Waals surface area contributed by atoms with Crippen molar-refractivity contribution in [2.24, 2.45) is 4.99 Å². The number of benzene rings is 3. The van der Waals surface area contributed by atoms with Crippen LogP contribution in [0.2, 0.25) is 0 Å². The van der Waals surface area contributed by atoms with Gasteiger partial charge in [-0.2, -0.15) is 0 Å². The highest BCUT2D eigenvalue weighted by atomic mass is 79.9. The zero-order valence-corrected chi connectivity index (χ0v) is 28.5. The van der Waals surface area contributed by atoms with Crippen LogP contribution in [0.4, 0.5) is 5.69 Å². The number of nitro benzene ring substituents is 1. The number of hydrogen-bond acceptors (Lipinski definition) is 9. The van der Waals surface area contributed by atoms with Crippen LogP contribution in [0.5, 0.6) is 5.75 Å². The Morgan fingerprint density at radius 3 is 2.39 bits per heavy atom. The number of halogens is 2. The molecular formula is C31H25Br2N3O6S2. The largest absolute Gasteiger partial charge is 0.487 e. The standard InChI is InChI=1S/C31H25Br2N3O6S2/c1-4-41-30(38)26-17(2)34-31-35(27(26)20-7-11-22(43-3)12-8-20)29(37)25(44-31)15-19-13-23(32)28(24(33)14-19)42-16-18-5-9-21(10-6-18)36(39)40/h5-15,27H,4,16H2,1-3H3/b25-15-/t27-/m1/s1. The second-order valence-electron chi connectivity index (χ2n) is 9.60. The maximum atomic E-state index is 13.9. The molecule has 3 aromatic carbocycles. The monoisotopic (exact) mass is 757 g/mol. The van der Waals surface area contributed by atoms with Gasteiger partial charge in [0.15, 0.2) is 4.80 Å². The predicted octanol–water partition coefficient (Wildman–Crippen LogP) is 6.53. The second kappa shape index (κ2) is 13.6. The van der Waals surface area contributed by atoms with Gasteiger partial charge < -0.3 is 9.47 Å². The van der Waals surface area contributed by atoms with Gasteiger partial charge in [-0.25, -0.2) is 9.79 Å². The molecule has 1 aliphatic rings. The van der Waals surface area contributed by atoms with Crippen molar-refractivity contribution < 1.29 is 19.2 Å². The summed E-state index contributed by atoms with van der Waals surface area (Å²) in [6.07, 6.45) is 3.76. The first-order valence-corrected chi connectivity index (χ1v) is 16.9. The number of nitrogens with zero attached hydrogens (tertiary/aromatic N) is 3. The fourth-order valence-corrected chi connectivity index (χ4v) is 7.62. The summed E-state index contributed by atoms with van der Waals surface area (Å²) in [5.41, 5.74) is 2.88. The van der Waals surface area contributed by atoms with Crippen molar-refractivity contribution in [1.82, 2.24) is 4.57 Å². The number of non-ortho nitro benzene ring substituents is 1. The van der Waals surface area contributed by atoms with E-state index in [2.05, 4.69) is 36.9 Å². The van der Waals surface area contributed by atoms with Crippen LogP contribution in [0.3, 0.4) is 0 Å². The number of nitro groups is 1. The Morgan fingerprint density at radius 1 is 1.14 bits per heavy atom. The number of thiazole rings is 1. The first-order valence-electron chi connectivity index (χ1n) is 13.3. The number of thioether (sulfide) groups is 1. The molecule has 0 N–H and O–H groups in total. The maximum Gasteiger partial charge on any atom is 0.338 e. The first kappa shape index (κ1) is 31.9. The van der Waals surface area contributed by atoms with Gasteiger partial charge in [-0.1, -0.05) is 23.5 Å². The zero-order chi connectivity index (χ0) is 31.5. The summed E-state index contributed by atoms with van der Waals surface area (Å²) in [6, 6.07) is 16.9. The van der Waals surface area contributed by atoms with Gasteiger partial charge in [-0.05, 0) is 111 Å². The van der Waals surface area contributed by atoms with Crippen LogP contribution in [0, 0.1) is 10.1 Å². The molecular weight excluding hydrogens is 734 g/mol. The minimum absolute atomic E-state index is 0.0119. The average Bonchev–Trinajstić information content (AvgIpc) is 3.30. The number of esters is 1. The normalized spacial score (nSPS) is 14.7. The molecule has 1 aliphatic heterocycles.